The minimum Gasteiger partial charge on any atom is -0.464 e. The number of furan rings is 1. The van der Waals surface area contributed by atoms with Crippen LogP contribution in [0.25, 0.3) is 11.0 Å². The summed E-state index contributed by atoms with van der Waals surface area (Å²) in [7, 11) is 0. The quantitative estimate of drug-likeness (QED) is 0.669. The fraction of sp³-hybridized carbons (Fsp3) is 0.375. The molecular weight excluding hydrogens is 383 g/mol. The molecule has 5 nitrogen and oxygen atoms in total. The molecule has 30 heavy (non-hydrogen) atoms. The van der Waals surface area contributed by atoms with Crippen LogP contribution in [0, 0.1) is 19.7 Å². The maximum Gasteiger partial charge on any atom is 0.224 e. The first-order valence-corrected chi connectivity index (χ1v) is 10.3. The van der Waals surface area contributed by atoms with E-state index >= 15 is 0 Å². The molecule has 6 heteroatoms. The highest BCUT2D eigenvalue weighted by Crippen LogP contribution is 2.25. The number of carbonyl (C=O) groups excluding carboxylic acids is 1. The molecule has 2 aromatic carbocycles. The number of ether oxygens (including phenoxy) is 1. The largest absolute Gasteiger partial charge is 0.464 e. The minimum atomic E-state index is -0.263. The lowest BCUT2D eigenvalue weighted by molar-refractivity contribution is -0.120. The Balaban J connectivity index is 1.46. The van der Waals surface area contributed by atoms with Crippen molar-refractivity contribution in [3.63, 3.8) is 0 Å². The third-order valence-electron chi connectivity index (χ3n) is 5.85. The Labute approximate surface area is 175 Å². The predicted molar refractivity (Wildman–Crippen MR) is 114 cm³/mol. The molecule has 3 aromatic rings. The van der Waals surface area contributed by atoms with Crippen molar-refractivity contribution in [1.29, 1.82) is 0 Å². The lowest BCUT2D eigenvalue weighted by Gasteiger charge is -2.35. The van der Waals surface area contributed by atoms with Gasteiger partial charge in [-0.05, 0) is 54.8 Å². The fourth-order valence-electron chi connectivity index (χ4n) is 3.95. The Bertz CT molecular complexity index is 1020. The Kier molecular flexibility index (Phi) is 6.16. The monoisotopic (exact) mass is 410 g/mol. The maximum atomic E-state index is 13.4. The molecule has 1 aliphatic rings. The van der Waals surface area contributed by atoms with Crippen molar-refractivity contribution < 1.29 is 18.3 Å². The molecule has 0 bridgehead atoms. The molecule has 1 amide bonds. The number of amides is 1. The van der Waals surface area contributed by atoms with Gasteiger partial charge in [0.15, 0.2) is 0 Å². The van der Waals surface area contributed by atoms with Crippen LogP contribution in [0.5, 0.6) is 0 Å². The summed E-state index contributed by atoms with van der Waals surface area (Å²) in [6, 6.07) is 10.6. The van der Waals surface area contributed by atoms with Crippen molar-refractivity contribution in [2.45, 2.75) is 26.3 Å². The molecule has 1 aromatic heterocycles. The van der Waals surface area contributed by atoms with Gasteiger partial charge in [-0.2, -0.15) is 0 Å². The number of benzene rings is 2. The Morgan fingerprint density at radius 2 is 1.83 bits per heavy atom. The first kappa shape index (κ1) is 20.6. The SMILES string of the molecule is Cc1cc2occ(CC(=O)NC[C@H](c3ccc(F)cc3)N3CCOCC3)c2cc1C. The van der Waals surface area contributed by atoms with Crippen molar-refractivity contribution in [2.75, 3.05) is 32.8 Å². The molecule has 0 saturated carbocycles. The van der Waals surface area contributed by atoms with Gasteiger partial charge in [0.05, 0.1) is 31.9 Å². The summed E-state index contributed by atoms with van der Waals surface area (Å²) in [5.74, 6) is -0.322. The number of morpholine rings is 1. The van der Waals surface area contributed by atoms with Crippen molar-refractivity contribution in [3.05, 3.63) is 70.7 Å². The first-order chi connectivity index (χ1) is 14.5. The van der Waals surface area contributed by atoms with Crippen molar-refractivity contribution in [3.8, 4) is 0 Å². The number of nitrogens with one attached hydrogen (secondary N) is 1. The lowest BCUT2D eigenvalue weighted by Crippen LogP contribution is -2.44. The second-order valence-corrected chi connectivity index (χ2v) is 7.89. The zero-order valence-electron chi connectivity index (χ0n) is 17.4. The summed E-state index contributed by atoms with van der Waals surface area (Å²) in [6.45, 7) is 7.44. The third kappa shape index (κ3) is 4.55. The van der Waals surface area contributed by atoms with Crippen molar-refractivity contribution >= 4 is 16.9 Å². The van der Waals surface area contributed by atoms with Crippen molar-refractivity contribution in [2.24, 2.45) is 0 Å². The van der Waals surface area contributed by atoms with E-state index in [1.807, 2.05) is 13.0 Å². The standard InChI is InChI=1S/C24H27FN2O3/c1-16-11-21-19(15-30-23(21)12-17(16)2)13-24(28)26-14-22(27-7-9-29-10-8-27)18-3-5-20(25)6-4-18/h3-6,11-12,15,22H,7-10,13-14H2,1-2H3,(H,26,28)/t22-/m1/s1. The van der Waals surface area contributed by atoms with Crippen LogP contribution >= 0.6 is 0 Å². The summed E-state index contributed by atoms with van der Waals surface area (Å²) in [6.07, 6.45) is 1.93. The van der Waals surface area contributed by atoms with E-state index in [9.17, 15) is 9.18 Å². The molecule has 1 atom stereocenters. The van der Waals surface area contributed by atoms with Gasteiger partial charge >= 0.3 is 0 Å². The van der Waals surface area contributed by atoms with Crippen molar-refractivity contribution in [1.82, 2.24) is 10.2 Å². The average molecular weight is 410 g/mol. The van der Waals surface area contributed by atoms with Gasteiger partial charge in [-0.25, -0.2) is 4.39 Å². The maximum absolute atomic E-state index is 13.4. The van der Waals surface area contributed by atoms with E-state index in [-0.39, 0.29) is 24.2 Å². The molecule has 158 valence electrons. The molecule has 0 radical (unpaired) electrons. The molecule has 2 heterocycles. The van der Waals surface area contributed by atoms with E-state index < -0.39 is 0 Å². The predicted octanol–water partition coefficient (Wildman–Crippen LogP) is 3.92. The molecule has 0 aliphatic carbocycles. The minimum absolute atomic E-state index is 0.0237. The van der Waals surface area contributed by atoms with Crippen LogP contribution in [-0.2, 0) is 16.0 Å². The van der Waals surface area contributed by atoms with Gasteiger partial charge in [0.2, 0.25) is 5.91 Å². The zero-order valence-corrected chi connectivity index (χ0v) is 17.4. The van der Waals surface area contributed by atoms with Gasteiger partial charge < -0.3 is 14.5 Å². The second-order valence-electron chi connectivity index (χ2n) is 7.89. The Hall–Kier alpha value is -2.70. The lowest BCUT2D eigenvalue weighted by atomic mass is 10.0. The molecule has 0 unspecified atom stereocenters. The molecule has 0 spiro atoms. The van der Waals surface area contributed by atoms with Gasteiger partial charge in [0, 0.05) is 30.6 Å². The number of halogens is 1. The number of hydrogen-bond donors (Lipinski definition) is 1. The van der Waals surface area contributed by atoms with E-state index in [0.717, 1.165) is 35.2 Å². The number of rotatable bonds is 6. The summed E-state index contributed by atoms with van der Waals surface area (Å²) in [5.41, 5.74) is 5.02. The highest BCUT2D eigenvalue weighted by Gasteiger charge is 2.23. The third-order valence-corrected chi connectivity index (χ3v) is 5.85. The highest BCUT2D eigenvalue weighted by atomic mass is 19.1. The summed E-state index contributed by atoms with van der Waals surface area (Å²) >= 11 is 0. The summed E-state index contributed by atoms with van der Waals surface area (Å²) in [4.78, 5) is 15.0. The molecule has 1 aliphatic heterocycles. The van der Waals surface area contributed by atoms with Crippen LogP contribution in [-0.4, -0.2) is 43.7 Å². The van der Waals surface area contributed by atoms with Gasteiger partial charge in [-0.3, -0.25) is 9.69 Å². The highest BCUT2D eigenvalue weighted by molar-refractivity contribution is 5.88. The van der Waals surface area contributed by atoms with Gasteiger partial charge in [-0.1, -0.05) is 12.1 Å². The number of nitrogens with zero attached hydrogens (tertiary/aromatic N) is 1. The van der Waals surface area contributed by atoms with Gasteiger partial charge in [0.1, 0.15) is 11.4 Å². The van der Waals surface area contributed by atoms with E-state index in [2.05, 4.69) is 23.2 Å². The van der Waals surface area contributed by atoms with Crippen LogP contribution in [0.1, 0.15) is 28.3 Å². The van der Waals surface area contributed by atoms with Gasteiger partial charge in [0.25, 0.3) is 0 Å². The van der Waals surface area contributed by atoms with Crippen LogP contribution in [0.2, 0.25) is 0 Å². The summed E-state index contributed by atoms with van der Waals surface area (Å²) in [5, 5.41) is 4.05. The van der Waals surface area contributed by atoms with Crippen LogP contribution in [0.15, 0.2) is 47.1 Å². The molecule has 1 N–H and O–H groups in total. The second kappa shape index (κ2) is 8.98. The smallest absolute Gasteiger partial charge is 0.224 e. The number of fused-ring (bicyclic) bond motifs is 1. The summed E-state index contributed by atoms with van der Waals surface area (Å²) < 4.78 is 24.5. The topological polar surface area (TPSA) is 54.7 Å². The van der Waals surface area contributed by atoms with E-state index in [4.69, 9.17) is 9.15 Å². The van der Waals surface area contributed by atoms with E-state index in [1.165, 1.54) is 23.3 Å². The van der Waals surface area contributed by atoms with Gasteiger partial charge in [-0.15, -0.1) is 0 Å². The molecule has 1 fully saturated rings. The van der Waals surface area contributed by atoms with Crippen LogP contribution < -0.4 is 5.32 Å². The number of aryl methyl sites for hydroxylation is 2. The fourth-order valence-corrected chi connectivity index (χ4v) is 3.95. The van der Waals surface area contributed by atoms with E-state index in [0.29, 0.717) is 19.8 Å². The van der Waals surface area contributed by atoms with Crippen LogP contribution in [0.3, 0.4) is 0 Å². The number of hydrogen-bond acceptors (Lipinski definition) is 4. The van der Waals surface area contributed by atoms with E-state index in [1.54, 1.807) is 18.4 Å². The molecular formula is C24H27FN2O3. The first-order valence-electron chi connectivity index (χ1n) is 10.3. The molecule has 1 saturated heterocycles. The normalized spacial score (nSPS) is 16.0. The van der Waals surface area contributed by atoms with Crippen LogP contribution in [0.4, 0.5) is 4.39 Å². The molecule has 4 rings (SSSR count). The zero-order chi connectivity index (χ0) is 21.1. The number of carbonyl (C=O) groups is 1. The Morgan fingerprint density at radius 1 is 1.13 bits per heavy atom. The average Bonchev–Trinajstić information content (AvgIpc) is 3.12. The Morgan fingerprint density at radius 3 is 2.57 bits per heavy atom.